The monoisotopic (exact) mass is 349 g/mol. The van der Waals surface area contributed by atoms with Crippen molar-refractivity contribution in [2.45, 2.75) is 24.8 Å². The highest BCUT2D eigenvalue weighted by atomic mass is 32.2. The van der Waals surface area contributed by atoms with Crippen LogP contribution in [-0.4, -0.2) is 62.1 Å². The largest absolute Gasteiger partial charge is 0.334 e. The molecular weight excluding hydrogens is 326 g/mol. The highest BCUT2D eigenvalue weighted by Gasteiger charge is 2.56. The molecule has 24 heavy (non-hydrogen) atoms. The van der Waals surface area contributed by atoms with Crippen molar-refractivity contribution < 1.29 is 13.2 Å². The van der Waals surface area contributed by atoms with Gasteiger partial charge in [-0.1, -0.05) is 24.3 Å². The van der Waals surface area contributed by atoms with Gasteiger partial charge in [0.25, 0.3) is 0 Å². The molecule has 3 aliphatic rings. The van der Waals surface area contributed by atoms with E-state index in [0.717, 1.165) is 6.42 Å². The smallest absolute Gasteiger partial charge is 0.317 e. The van der Waals surface area contributed by atoms with E-state index in [1.165, 1.54) is 21.7 Å². The lowest BCUT2D eigenvalue weighted by molar-refractivity contribution is 0.199. The molecule has 0 radical (unpaired) electrons. The van der Waals surface area contributed by atoms with Crippen LogP contribution in [0.3, 0.4) is 0 Å². The predicted octanol–water partition coefficient (Wildman–Crippen LogP) is 1.00. The van der Waals surface area contributed by atoms with Crippen LogP contribution in [0.5, 0.6) is 0 Å². The molecule has 1 saturated heterocycles. The molecular formula is C17H23N3O3S. The molecule has 1 aliphatic heterocycles. The van der Waals surface area contributed by atoms with E-state index >= 15 is 0 Å². The van der Waals surface area contributed by atoms with Crippen LogP contribution >= 0.6 is 0 Å². The number of carbonyl (C=O) groups is 1. The molecule has 0 unspecified atom stereocenters. The number of hydrogen-bond donors (Lipinski definition) is 1. The van der Waals surface area contributed by atoms with Gasteiger partial charge in [0.15, 0.2) is 0 Å². The lowest BCUT2D eigenvalue weighted by atomic mass is 10.1. The van der Waals surface area contributed by atoms with E-state index < -0.39 is 10.0 Å². The van der Waals surface area contributed by atoms with Gasteiger partial charge in [0.1, 0.15) is 0 Å². The first kappa shape index (κ1) is 15.9. The van der Waals surface area contributed by atoms with Crippen molar-refractivity contribution in [2.24, 2.45) is 5.92 Å². The van der Waals surface area contributed by atoms with Gasteiger partial charge in [-0.2, -0.15) is 0 Å². The summed E-state index contributed by atoms with van der Waals surface area (Å²) in [6.07, 6.45) is 2.96. The fraction of sp³-hybridized carbons (Fsp3) is 0.588. The minimum absolute atomic E-state index is 0.0535. The van der Waals surface area contributed by atoms with Gasteiger partial charge in [0.05, 0.1) is 6.26 Å². The van der Waals surface area contributed by atoms with E-state index in [9.17, 15) is 13.2 Å². The van der Waals surface area contributed by atoms with Crippen LogP contribution in [0.15, 0.2) is 24.3 Å². The summed E-state index contributed by atoms with van der Waals surface area (Å²) >= 11 is 0. The topological polar surface area (TPSA) is 69.7 Å². The van der Waals surface area contributed by atoms with E-state index in [1.54, 1.807) is 4.90 Å². The van der Waals surface area contributed by atoms with Crippen molar-refractivity contribution in [1.82, 2.24) is 14.5 Å². The zero-order chi connectivity index (χ0) is 16.9. The SMILES string of the molecule is CS(=O)(=O)N1CCCN(C(=O)N[C@@H]2[C@H]3Cc4ccccc4[C@H]32)CC1. The summed E-state index contributed by atoms with van der Waals surface area (Å²) in [6.45, 7) is 1.94. The lowest BCUT2D eigenvalue weighted by Gasteiger charge is -2.22. The van der Waals surface area contributed by atoms with Crippen molar-refractivity contribution in [3.8, 4) is 0 Å². The Kier molecular flexibility index (Phi) is 3.80. The maximum absolute atomic E-state index is 12.5. The van der Waals surface area contributed by atoms with Gasteiger partial charge in [0.2, 0.25) is 10.0 Å². The predicted molar refractivity (Wildman–Crippen MR) is 91.3 cm³/mol. The number of hydrogen-bond acceptors (Lipinski definition) is 3. The third-order valence-corrected chi connectivity index (χ3v) is 6.84. The minimum atomic E-state index is -3.18. The van der Waals surface area contributed by atoms with Crippen molar-refractivity contribution >= 4 is 16.1 Å². The molecule has 6 nitrogen and oxygen atoms in total. The molecule has 1 aromatic carbocycles. The molecule has 0 spiro atoms. The van der Waals surface area contributed by atoms with E-state index in [4.69, 9.17) is 0 Å². The van der Waals surface area contributed by atoms with Gasteiger partial charge in [-0.15, -0.1) is 0 Å². The summed E-state index contributed by atoms with van der Waals surface area (Å²) in [5.74, 6) is 0.996. The number of fused-ring (bicyclic) bond motifs is 3. The molecule has 2 aliphatic carbocycles. The first-order chi connectivity index (χ1) is 11.4. The van der Waals surface area contributed by atoms with Crippen LogP contribution < -0.4 is 5.32 Å². The summed E-state index contributed by atoms with van der Waals surface area (Å²) in [5, 5.41) is 3.17. The minimum Gasteiger partial charge on any atom is -0.334 e. The van der Waals surface area contributed by atoms with Gasteiger partial charge in [-0.25, -0.2) is 17.5 Å². The molecule has 7 heteroatoms. The summed E-state index contributed by atoms with van der Waals surface area (Å²) in [6, 6.07) is 8.66. The maximum atomic E-state index is 12.5. The van der Waals surface area contributed by atoms with E-state index in [2.05, 4.69) is 29.6 Å². The Balaban J connectivity index is 1.35. The summed E-state index contributed by atoms with van der Waals surface area (Å²) in [5.41, 5.74) is 2.79. The first-order valence-electron chi connectivity index (χ1n) is 8.53. The van der Waals surface area contributed by atoms with Gasteiger partial charge >= 0.3 is 6.03 Å². The van der Waals surface area contributed by atoms with E-state index in [-0.39, 0.29) is 12.1 Å². The fourth-order valence-corrected chi connectivity index (χ4v) is 5.08. The molecule has 2 fully saturated rings. The van der Waals surface area contributed by atoms with Crippen molar-refractivity contribution in [2.75, 3.05) is 32.4 Å². The number of amides is 2. The third-order valence-electron chi connectivity index (χ3n) is 5.54. The summed E-state index contributed by atoms with van der Waals surface area (Å²) < 4.78 is 24.8. The Bertz CT molecular complexity index is 764. The second kappa shape index (κ2) is 5.74. The average Bonchev–Trinajstić information content (AvgIpc) is 3.14. The van der Waals surface area contributed by atoms with Crippen molar-refractivity contribution in [3.05, 3.63) is 35.4 Å². The van der Waals surface area contributed by atoms with Crippen molar-refractivity contribution in [1.29, 1.82) is 0 Å². The molecule has 1 saturated carbocycles. The third kappa shape index (κ3) is 2.80. The molecule has 3 atom stereocenters. The zero-order valence-corrected chi connectivity index (χ0v) is 14.6. The lowest BCUT2D eigenvalue weighted by Crippen LogP contribution is -2.44. The number of nitrogens with zero attached hydrogens (tertiary/aromatic N) is 2. The molecule has 2 amide bonds. The highest BCUT2D eigenvalue weighted by molar-refractivity contribution is 7.88. The quantitative estimate of drug-likeness (QED) is 0.866. The van der Waals surface area contributed by atoms with Crippen LogP contribution in [-0.2, 0) is 16.4 Å². The zero-order valence-electron chi connectivity index (χ0n) is 13.8. The normalized spacial score (nSPS) is 29.5. The molecule has 130 valence electrons. The number of urea groups is 1. The molecule has 1 heterocycles. The Morgan fingerprint density at radius 1 is 1.17 bits per heavy atom. The molecule has 0 aromatic heterocycles. The molecule has 1 N–H and O–H groups in total. The van der Waals surface area contributed by atoms with Gasteiger partial charge < -0.3 is 10.2 Å². The number of rotatable bonds is 2. The highest BCUT2D eigenvalue weighted by Crippen LogP contribution is 2.56. The Morgan fingerprint density at radius 2 is 1.96 bits per heavy atom. The van der Waals surface area contributed by atoms with Gasteiger partial charge in [0, 0.05) is 38.1 Å². The second-order valence-electron chi connectivity index (χ2n) is 7.07. The fourth-order valence-electron chi connectivity index (χ4n) is 4.21. The summed E-state index contributed by atoms with van der Waals surface area (Å²) in [7, 11) is -3.18. The molecule has 0 bridgehead atoms. The van der Waals surface area contributed by atoms with E-state index in [1.807, 2.05) is 0 Å². The Labute approximate surface area is 142 Å². The van der Waals surface area contributed by atoms with Crippen LogP contribution in [0, 0.1) is 5.92 Å². The van der Waals surface area contributed by atoms with Crippen LogP contribution in [0.1, 0.15) is 23.5 Å². The Morgan fingerprint density at radius 3 is 2.75 bits per heavy atom. The van der Waals surface area contributed by atoms with Crippen LogP contribution in [0.25, 0.3) is 0 Å². The van der Waals surface area contributed by atoms with Gasteiger partial charge in [-0.3, -0.25) is 0 Å². The number of nitrogens with one attached hydrogen (secondary N) is 1. The summed E-state index contributed by atoms with van der Waals surface area (Å²) in [4.78, 5) is 14.3. The van der Waals surface area contributed by atoms with Crippen LogP contribution in [0.4, 0.5) is 4.79 Å². The average molecular weight is 349 g/mol. The number of benzene rings is 1. The molecule has 4 rings (SSSR count). The van der Waals surface area contributed by atoms with Gasteiger partial charge in [-0.05, 0) is 29.9 Å². The standard InChI is InChI=1S/C17H23N3O3S/c1-24(22,23)20-8-4-7-19(9-10-20)17(21)18-16-14-11-12-5-2-3-6-13(12)15(14)16/h2-3,5-6,14-16H,4,7-11H2,1H3,(H,18,21)/t14-,15+,16+/m0/s1. The Hall–Kier alpha value is -1.60. The number of sulfonamides is 1. The first-order valence-corrected chi connectivity index (χ1v) is 10.4. The van der Waals surface area contributed by atoms with Crippen molar-refractivity contribution in [3.63, 3.8) is 0 Å². The second-order valence-corrected chi connectivity index (χ2v) is 9.05. The van der Waals surface area contributed by atoms with E-state index in [0.29, 0.717) is 44.4 Å². The maximum Gasteiger partial charge on any atom is 0.317 e. The number of carbonyl (C=O) groups excluding carboxylic acids is 1. The molecule has 1 aromatic rings. The van der Waals surface area contributed by atoms with Crippen LogP contribution in [0.2, 0.25) is 0 Å².